The minimum Gasteiger partial charge on any atom is -0.352 e. The third kappa shape index (κ3) is 2.43. The van der Waals surface area contributed by atoms with E-state index >= 15 is 0 Å². The van der Waals surface area contributed by atoms with Crippen LogP contribution in [0.5, 0.6) is 0 Å². The topological polar surface area (TPSA) is 64.9 Å². The van der Waals surface area contributed by atoms with E-state index in [0.717, 1.165) is 28.3 Å². The molecule has 7 heteroatoms. The molecule has 0 saturated heterocycles. The Hall–Kier alpha value is -3.48. The molecule has 4 heterocycles. The summed E-state index contributed by atoms with van der Waals surface area (Å²) < 4.78 is 38.7. The van der Waals surface area contributed by atoms with Gasteiger partial charge in [0.25, 0.3) is 0 Å². The molecule has 6 rings (SSSR count). The van der Waals surface area contributed by atoms with E-state index in [1.165, 1.54) is 12.1 Å². The number of aromatic nitrogens is 2. The summed E-state index contributed by atoms with van der Waals surface area (Å²) in [5.41, 5.74) is 1.94. The van der Waals surface area contributed by atoms with Crippen LogP contribution in [-0.2, 0) is 6.18 Å². The molecular formula is C20H11F3N4. The first-order valence-electron chi connectivity index (χ1n) is 8.18. The molecule has 1 aromatic heterocycles. The summed E-state index contributed by atoms with van der Waals surface area (Å²) in [6, 6.07) is 10.5. The quantitative estimate of drug-likeness (QED) is 0.685. The van der Waals surface area contributed by atoms with Crippen LogP contribution in [0, 0.1) is 5.41 Å². The zero-order valence-electron chi connectivity index (χ0n) is 13.7. The van der Waals surface area contributed by atoms with Gasteiger partial charge in [-0.25, -0.2) is 9.98 Å². The second-order valence-corrected chi connectivity index (χ2v) is 6.37. The number of benzene rings is 2. The van der Waals surface area contributed by atoms with Crippen molar-refractivity contribution in [3.05, 3.63) is 69.6 Å². The zero-order valence-corrected chi connectivity index (χ0v) is 13.7. The van der Waals surface area contributed by atoms with Crippen molar-refractivity contribution in [1.29, 1.82) is 5.41 Å². The largest absolute Gasteiger partial charge is 0.416 e. The third-order valence-corrected chi connectivity index (χ3v) is 4.68. The SMILES string of the molecule is N=C1N=c2nc(-c3ccc(C(F)(F)F)cc3)c1c1ccc3c(c1)[nH]c2=CC=3. The van der Waals surface area contributed by atoms with Gasteiger partial charge in [0.05, 0.1) is 22.2 Å². The standard InChI is InChI=1S/C20H11F3N4/c21-20(22,23)13-6-3-11(4-7-13)17-16-12-2-1-10-5-8-14(25-15(10)9-12)19(26-17)27-18(16)24/h1-9,24-25H. The van der Waals surface area contributed by atoms with E-state index in [9.17, 15) is 13.2 Å². The number of aromatic amines is 1. The fraction of sp³-hybridized carbons (Fsp3) is 0.0500. The lowest BCUT2D eigenvalue weighted by atomic mass is 10.00. The van der Waals surface area contributed by atoms with Crippen LogP contribution >= 0.6 is 0 Å². The van der Waals surface area contributed by atoms with Crippen LogP contribution in [-0.4, -0.2) is 15.8 Å². The number of rotatable bonds is 1. The molecule has 3 aliphatic rings. The molecule has 0 saturated carbocycles. The van der Waals surface area contributed by atoms with Crippen molar-refractivity contribution < 1.29 is 13.2 Å². The van der Waals surface area contributed by atoms with Gasteiger partial charge in [-0.15, -0.1) is 0 Å². The minimum absolute atomic E-state index is 0.0325. The molecule has 0 spiro atoms. The van der Waals surface area contributed by atoms with Gasteiger partial charge >= 0.3 is 6.18 Å². The predicted molar refractivity (Wildman–Crippen MR) is 95.9 cm³/mol. The summed E-state index contributed by atoms with van der Waals surface area (Å²) in [5.74, 6) is 0.0325. The molecule has 2 aromatic carbocycles. The molecule has 0 radical (unpaired) electrons. The van der Waals surface area contributed by atoms with Gasteiger partial charge in [-0.05, 0) is 34.9 Å². The average molecular weight is 364 g/mol. The van der Waals surface area contributed by atoms with E-state index in [1.807, 2.05) is 30.4 Å². The lowest BCUT2D eigenvalue weighted by Gasteiger charge is -2.11. The van der Waals surface area contributed by atoms with Crippen LogP contribution in [0.1, 0.15) is 11.1 Å². The highest BCUT2D eigenvalue weighted by atomic mass is 19.4. The fourth-order valence-corrected chi connectivity index (χ4v) is 3.34. The Morgan fingerprint density at radius 1 is 0.963 bits per heavy atom. The maximum atomic E-state index is 12.9. The van der Waals surface area contributed by atoms with E-state index in [2.05, 4.69) is 15.0 Å². The molecule has 3 aromatic rings. The van der Waals surface area contributed by atoms with Crippen molar-refractivity contribution in [3.63, 3.8) is 0 Å². The van der Waals surface area contributed by atoms with Gasteiger partial charge in [-0.2, -0.15) is 13.2 Å². The highest BCUT2D eigenvalue weighted by molar-refractivity contribution is 6.09. The number of halogens is 3. The molecule has 132 valence electrons. The summed E-state index contributed by atoms with van der Waals surface area (Å²) in [7, 11) is 0. The maximum absolute atomic E-state index is 12.9. The molecule has 0 atom stereocenters. The minimum atomic E-state index is -4.40. The summed E-state index contributed by atoms with van der Waals surface area (Å²) in [5, 5.41) is 10.8. The van der Waals surface area contributed by atoms with Gasteiger partial charge in [-0.3, -0.25) is 5.41 Å². The van der Waals surface area contributed by atoms with Crippen LogP contribution in [0.2, 0.25) is 0 Å². The Labute approximate surface area is 150 Å². The normalized spacial score (nSPS) is 14.0. The molecule has 27 heavy (non-hydrogen) atoms. The van der Waals surface area contributed by atoms with Gasteiger partial charge in [-0.1, -0.05) is 30.3 Å². The number of fused-ring (bicyclic) bond motifs is 2. The van der Waals surface area contributed by atoms with Crippen LogP contribution < -0.4 is 16.1 Å². The Bertz CT molecular complexity index is 1360. The Kier molecular flexibility index (Phi) is 3.07. The van der Waals surface area contributed by atoms with Crippen molar-refractivity contribution in [3.8, 4) is 11.3 Å². The van der Waals surface area contributed by atoms with Crippen LogP contribution in [0.25, 0.3) is 34.3 Å². The van der Waals surface area contributed by atoms with Crippen molar-refractivity contribution in [1.82, 2.24) is 9.97 Å². The molecule has 0 amide bonds. The number of nitrogens with one attached hydrogen (secondary N) is 2. The van der Waals surface area contributed by atoms with E-state index in [-0.39, 0.29) is 5.84 Å². The highest BCUT2D eigenvalue weighted by Crippen LogP contribution is 2.32. The second kappa shape index (κ2) is 5.26. The summed E-state index contributed by atoms with van der Waals surface area (Å²) in [4.78, 5) is 12.1. The summed E-state index contributed by atoms with van der Waals surface area (Å²) >= 11 is 0. The monoisotopic (exact) mass is 364 g/mol. The predicted octanol–water partition coefficient (Wildman–Crippen LogP) is 2.63. The fourth-order valence-electron chi connectivity index (χ4n) is 3.34. The number of hydrogen-bond acceptors (Lipinski definition) is 2. The van der Waals surface area contributed by atoms with Gasteiger partial charge < -0.3 is 4.98 Å². The van der Waals surface area contributed by atoms with Gasteiger partial charge in [0.2, 0.25) is 0 Å². The number of alkyl halides is 3. The number of amidine groups is 1. The number of H-pyrrole nitrogens is 1. The zero-order chi connectivity index (χ0) is 18.8. The summed E-state index contributed by atoms with van der Waals surface area (Å²) in [6.45, 7) is 0. The maximum Gasteiger partial charge on any atom is 0.416 e. The Morgan fingerprint density at radius 2 is 1.74 bits per heavy atom. The molecule has 0 fully saturated rings. The van der Waals surface area contributed by atoms with Crippen molar-refractivity contribution in [2.45, 2.75) is 6.18 Å². The molecular weight excluding hydrogens is 353 g/mol. The molecule has 5 bridgehead atoms. The first-order valence-corrected chi connectivity index (χ1v) is 8.18. The van der Waals surface area contributed by atoms with Gasteiger partial charge in [0, 0.05) is 11.1 Å². The van der Waals surface area contributed by atoms with Crippen LogP contribution in [0.4, 0.5) is 13.2 Å². The van der Waals surface area contributed by atoms with E-state index in [0.29, 0.717) is 27.7 Å². The molecule has 4 nitrogen and oxygen atoms in total. The van der Waals surface area contributed by atoms with Crippen LogP contribution in [0.15, 0.2) is 47.5 Å². The smallest absolute Gasteiger partial charge is 0.352 e. The molecule has 0 aliphatic carbocycles. The number of hydrogen-bond donors (Lipinski definition) is 2. The van der Waals surface area contributed by atoms with E-state index in [4.69, 9.17) is 5.41 Å². The molecule has 0 unspecified atom stereocenters. The lowest BCUT2D eigenvalue weighted by Crippen LogP contribution is -2.34. The van der Waals surface area contributed by atoms with Crippen molar-refractivity contribution in [2.24, 2.45) is 4.99 Å². The first-order chi connectivity index (χ1) is 12.9. The Balaban J connectivity index is 1.89. The van der Waals surface area contributed by atoms with Crippen LogP contribution in [0.3, 0.4) is 0 Å². The van der Waals surface area contributed by atoms with Gasteiger partial charge in [0.15, 0.2) is 11.3 Å². The first kappa shape index (κ1) is 15.7. The average Bonchev–Trinajstić information content (AvgIpc) is 2.67. The van der Waals surface area contributed by atoms with E-state index < -0.39 is 11.7 Å². The highest BCUT2D eigenvalue weighted by Gasteiger charge is 2.30. The van der Waals surface area contributed by atoms with Crippen molar-refractivity contribution in [2.75, 3.05) is 0 Å². The Morgan fingerprint density at radius 3 is 2.48 bits per heavy atom. The second-order valence-electron chi connectivity index (χ2n) is 6.37. The summed E-state index contributed by atoms with van der Waals surface area (Å²) in [6.07, 6.45) is -0.632. The third-order valence-electron chi connectivity index (χ3n) is 4.68. The van der Waals surface area contributed by atoms with E-state index in [1.54, 1.807) is 0 Å². The van der Waals surface area contributed by atoms with Gasteiger partial charge in [0.1, 0.15) is 0 Å². The van der Waals surface area contributed by atoms with Crippen molar-refractivity contribution >= 4 is 28.9 Å². The molecule has 3 aliphatic heterocycles. The lowest BCUT2D eigenvalue weighted by molar-refractivity contribution is -0.137. The molecule has 2 N–H and O–H groups in total. The number of nitrogens with zero attached hydrogens (tertiary/aromatic N) is 2.